The first kappa shape index (κ1) is 13.4. The number of carbonyl (C=O) groups excluding carboxylic acids is 1. The maximum Gasteiger partial charge on any atom is 0.323 e. The van der Waals surface area contributed by atoms with Gasteiger partial charge in [0, 0.05) is 18.2 Å². The van der Waals surface area contributed by atoms with Crippen molar-refractivity contribution in [3.05, 3.63) is 29.8 Å². The number of hydrogen-bond acceptors (Lipinski definition) is 3. The van der Waals surface area contributed by atoms with Crippen LogP contribution in [0.5, 0.6) is 0 Å². The molecule has 2 rings (SSSR count). The molecule has 5 heteroatoms. The molecule has 1 amide bonds. The number of carboxylic acid groups (broad SMARTS) is 1. The van der Waals surface area contributed by atoms with E-state index in [0.717, 1.165) is 18.4 Å². The summed E-state index contributed by atoms with van der Waals surface area (Å²) < 4.78 is 0. The van der Waals surface area contributed by atoms with Crippen molar-refractivity contribution >= 4 is 17.6 Å². The molecule has 0 saturated heterocycles. The third-order valence-electron chi connectivity index (χ3n) is 3.28. The van der Waals surface area contributed by atoms with E-state index in [9.17, 15) is 9.59 Å². The highest BCUT2D eigenvalue weighted by molar-refractivity contribution is 5.82. The molecular weight excluding hydrogens is 244 g/mol. The predicted molar refractivity (Wildman–Crippen MR) is 71.5 cm³/mol. The second-order valence-electron chi connectivity index (χ2n) is 4.85. The molecule has 5 nitrogen and oxygen atoms in total. The quantitative estimate of drug-likeness (QED) is 0.756. The lowest BCUT2D eigenvalue weighted by molar-refractivity contribution is -0.144. The first-order valence-corrected chi connectivity index (χ1v) is 6.42. The van der Waals surface area contributed by atoms with E-state index in [1.54, 1.807) is 6.07 Å². The van der Waals surface area contributed by atoms with E-state index in [1.165, 1.54) is 4.90 Å². The summed E-state index contributed by atoms with van der Waals surface area (Å²) in [5.74, 6) is -1.06. The molecule has 0 bridgehead atoms. The molecule has 1 aliphatic rings. The van der Waals surface area contributed by atoms with E-state index in [2.05, 4.69) is 0 Å². The largest absolute Gasteiger partial charge is 0.480 e. The molecule has 1 saturated carbocycles. The summed E-state index contributed by atoms with van der Waals surface area (Å²) in [6.07, 6.45) is 2.67. The molecule has 0 aromatic heterocycles. The third-order valence-corrected chi connectivity index (χ3v) is 3.28. The van der Waals surface area contributed by atoms with Crippen LogP contribution in [0, 0.1) is 0 Å². The average Bonchev–Trinajstić information content (AvgIpc) is 3.18. The predicted octanol–water partition coefficient (Wildman–Crippen LogP) is 1.28. The summed E-state index contributed by atoms with van der Waals surface area (Å²) >= 11 is 0. The van der Waals surface area contributed by atoms with Crippen molar-refractivity contribution < 1.29 is 14.7 Å². The number of para-hydroxylation sites is 1. The molecule has 1 fully saturated rings. The standard InChI is InChI=1S/C14H18N2O3/c15-12-4-2-1-3-10(12)5-8-13(17)16(9-14(18)19)11-6-7-11/h1-4,11H,5-9,15H2,(H,18,19). The Hall–Kier alpha value is -2.04. The fraction of sp³-hybridized carbons (Fsp3) is 0.429. The van der Waals surface area contributed by atoms with Gasteiger partial charge in [-0.2, -0.15) is 0 Å². The minimum absolute atomic E-state index is 0.104. The molecule has 1 aromatic carbocycles. The first-order chi connectivity index (χ1) is 9.08. The Morgan fingerprint density at radius 1 is 1.32 bits per heavy atom. The van der Waals surface area contributed by atoms with E-state index in [1.807, 2.05) is 18.2 Å². The highest BCUT2D eigenvalue weighted by Crippen LogP contribution is 2.27. The fourth-order valence-corrected chi connectivity index (χ4v) is 2.10. The van der Waals surface area contributed by atoms with Gasteiger partial charge >= 0.3 is 5.97 Å². The molecule has 102 valence electrons. The van der Waals surface area contributed by atoms with Crippen molar-refractivity contribution in [2.24, 2.45) is 0 Å². The SMILES string of the molecule is Nc1ccccc1CCC(=O)N(CC(=O)O)C1CC1. The van der Waals surface area contributed by atoms with Crippen LogP contribution >= 0.6 is 0 Å². The summed E-state index contributed by atoms with van der Waals surface area (Å²) in [6.45, 7) is -0.201. The van der Waals surface area contributed by atoms with Crippen molar-refractivity contribution in [2.45, 2.75) is 31.7 Å². The minimum atomic E-state index is -0.959. The monoisotopic (exact) mass is 262 g/mol. The zero-order chi connectivity index (χ0) is 13.8. The van der Waals surface area contributed by atoms with E-state index >= 15 is 0 Å². The number of nitrogens with zero attached hydrogens (tertiary/aromatic N) is 1. The average molecular weight is 262 g/mol. The Bertz CT molecular complexity index is 483. The lowest BCUT2D eigenvalue weighted by Crippen LogP contribution is -2.37. The summed E-state index contributed by atoms with van der Waals surface area (Å²) in [5, 5.41) is 8.82. The number of carbonyl (C=O) groups is 2. The summed E-state index contributed by atoms with van der Waals surface area (Å²) in [6, 6.07) is 7.54. The number of rotatable bonds is 6. The van der Waals surface area contributed by atoms with Gasteiger partial charge in [0.1, 0.15) is 6.54 Å². The van der Waals surface area contributed by atoms with E-state index in [0.29, 0.717) is 18.5 Å². The maximum atomic E-state index is 12.1. The van der Waals surface area contributed by atoms with E-state index in [-0.39, 0.29) is 18.5 Å². The summed E-state index contributed by atoms with van der Waals surface area (Å²) in [4.78, 5) is 24.3. The Morgan fingerprint density at radius 3 is 2.58 bits per heavy atom. The van der Waals surface area contributed by atoms with Crippen LogP contribution < -0.4 is 5.73 Å². The molecule has 0 heterocycles. The van der Waals surface area contributed by atoms with Crippen LogP contribution in [-0.2, 0) is 16.0 Å². The van der Waals surface area contributed by atoms with Crippen molar-refractivity contribution in [1.29, 1.82) is 0 Å². The normalized spacial score (nSPS) is 14.1. The second-order valence-corrected chi connectivity index (χ2v) is 4.85. The number of anilines is 1. The van der Waals surface area contributed by atoms with Gasteiger partial charge in [0.05, 0.1) is 0 Å². The van der Waals surface area contributed by atoms with Gasteiger partial charge in [-0.25, -0.2) is 0 Å². The fourth-order valence-electron chi connectivity index (χ4n) is 2.10. The maximum absolute atomic E-state index is 12.1. The number of benzene rings is 1. The van der Waals surface area contributed by atoms with Gasteiger partial charge in [0.25, 0.3) is 0 Å². The Balaban J connectivity index is 1.92. The van der Waals surface area contributed by atoms with Crippen molar-refractivity contribution in [3.8, 4) is 0 Å². The van der Waals surface area contributed by atoms with Crippen LogP contribution in [0.15, 0.2) is 24.3 Å². The number of hydrogen-bond donors (Lipinski definition) is 2. The van der Waals surface area contributed by atoms with Crippen LogP contribution in [0.3, 0.4) is 0 Å². The molecule has 0 radical (unpaired) electrons. The summed E-state index contributed by atoms with van der Waals surface area (Å²) in [7, 11) is 0. The van der Waals surface area contributed by atoms with Gasteiger partial charge in [-0.15, -0.1) is 0 Å². The van der Waals surface area contributed by atoms with Gasteiger partial charge < -0.3 is 15.7 Å². The highest BCUT2D eigenvalue weighted by atomic mass is 16.4. The molecular formula is C14H18N2O3. The van der Waals surface area contributed by atoms with Crippen molar-refractivity contribution in [1.82, 2.24) is 4.90 Å². The number of carboxylic acids is 1. The molecule has 0 spiro atoms. The zero-order valence-electron chi connectivity index (χ0n) is 10.7. The first-order valence-electron chi connectivity index (χ1n) is 6.42. The molecule has 0 aliphatic heterocycles. The van der Waals surface area contributed by atoms with Crippen molar-refractivity contribution in [2.75, 3.05) is 12.3 Å². The molecule has 1 aromatic rings. The Kier molecular flexibility index (Phi) is 4.04. The van der Waals surface area contributed by atoms with Crippen LogP contribution in [0.1, 0.15) is 24.8 Å². The van der Waals surface area contributed by atoms with Gasteiger partial charge in [-0.3, -0.25) is 9.59 Å². The lowest BCUT2D eigenvalue weighted by atomic mass is 10.1. The van der Waals surface area contributed by atoms with Crippen LogP contribution in [0.25, 0.3) is 0 Å². The molecule has 0 atom stereocenters. The summed E-state index contributed by atoms with van der Waals surface area (Å²) in [5.41, 5.74) is 7.42. The second kappa shape index (κ2) is 5.73. The minimum Gasteiger partial charge on any atom is -0.480 e. The smallest absolute Gasteiger partial charge is 0.323 e. The van der Waals surface area contributed by atoms with Crippen LogP contribution in [-0.4, -0.2) is 34.5 Å². The molecule has 3 N–H and O–H groups in total. The van der Waals surface area contributed by atoms with Crippen LogP contribution in [0.4, 0.5) is 5.69 Å². The van der Waals surface area contributed by atoms with Gasteiger partial charge in [-0.05, 0) is 30.9 Å². The highest BCUT2D eigenvalue weighted by Gasteiger charge is 2.33. The number of aryl methyl sites for hydroxylation is 1. The lowest BCUT2D eigenvalue weighted by Gasteiger charge is -2.20. The molecule has 1 aliphatic carbocycles. The Morgan fingerprint density at radius 2 is 2.00 bits per heavy atom. The van der Waals surface area contributed by atoms with E-state index < -0.39 is 5.97 Å². The molecule has 19 heavy (non-hydrogen) atoms. The van der Waals surface area contributed by atoms with Gasteiger partial charge in [-0.1, -0.05) is 18.2 Å². The third kappa shape index (κ3) is 3.71. The Labute approximate surface area is 112 Å². The number of amides is 1. The number of aliphatic carboxylic acids is 1. The molecule has 0 unspecified atom stereocenters. The number of nitrogen functional groups attached to an aromatic ring is 1. The van der Waals surface area contributed by atoms with Crippen molar-refractivity contribution in [3.63, 3.8) is 0 Å². The van der Waals surface area contributed by atoms with Gasteiger partial charge in [0.15, 0.2) is 0 Å². The topological polar surface area (TPSA) is 83.6 Å². The van der Waals surface area contributed by atoms with Gasteiger partial charge in [0.2, 0.25) is 5.91 Å². The van der Waals surface area contributed by atoms with E-state index in [4.69, 9.17) is 10.8 Å². The zero-order valence-corrected chi connectivity index (χ0v) is 10.7. The van der Waals surface area contributed by atoms with Crippen LogP contribution in [0.2, 0.25) is 0 Å². The number of nitrogens with two attached hydrogens (primary N) is 1.